The molecule has 1 aliphatic rings. The zero-order valence-electron chi connectivity index (χ0n) is 13.1. The lowest BCUT2D eigenvalue weighted by Crippen LogP contribution is -2.42. The fourth-order valence-corrected chi connectivity index (χ4v) is 3.50. The molecule has 0 spiro atoms. The molecular weight excluding hydrogens is 274 g/mol. The van der Waals surface area contributed by atoms with Crippen molar-refractivity contribution in [2.45, 2.75) is 44.4 Å². The van der Waals surface area contributed by atoms with Crippen molar-refractivity contribution in [3.63, 3.8) is 0 Å². The van der Waals surface area contributed by atoms with Crippen LogP contribution >= 0.6 is 0 Å². The molecular formula is C18H23N3O. The van der Waals surface area contributed by atoms with E-state index in [1.54, 1.807) is 12.3 Å². The second kappa shape index (κ2) is 6.34. The summed E-state index contributed by atoms with van der Waals surface area (Å²) in [5.41, 5.74) is 3.23. The van der Waals surface area contributed by atoms with Crippen LogP contribution < -0.4 is 5.32 Å². The molecule has 1 aromatic heterocycles. The summed E-state index contributed by atoms with van der Waals surface area (Å²) >= 11 is 0. The van der Waals surface area contributed by atoms with E-state index in [4.69, 9.17) is 0 Å². The number of amides is 1. The first-order valence-corrected chi connectivity index (χ1v) is 8.04. The van der Waals surface area contributed by atoms with Crippen molar-refractivity contribution in [3.8, 4) is 0 Å². The van der Waals surface area contributed by atoms with E-state index in [-0.39, 0.29) is 11.3 Å². The number of aryl methyl sites for hydroxylation is 1. The van der Waals surface area contributed by atoms with Crippen LogP contribution in [0.1, 0.15) is 53.7 Å². The van der Waals surface area contributed by atoms with E-state index in [0.29, 0.717) is 12.2 Å². The first kappa shape index (κ1) is 14.8. The van der Waals surface area contributed by atoms with Gasteiger partial charge in [0.05, 0.1) is 0 Å². The Morgan fingerprint density at radius 3 is 2.77 bits per heavy atom. The Kier molecular flexibility index (Phi) is 4.27. The van der Waals surface area contributed by atoms with Crippen LogP contribution in [0.25, 0.3) is 0 Å². The van der Waals surface area contributed by atoms with E-state index in [9.17, 15) is 4.79 Å². The molecule has 0 saturated heterocycles. The molecule has 22 heavy (non-hydrogen) atoms. The second-order valence-electron chi connectivity index (χ2n) is 6.36. The molecule has 0 unspecified atom stereocenters. The summed E-state index contributed by atoms with van der Waals surface area (Å²) in [6.45, 7) is 2.82. The first-order valence-electron chi connectivity index (χ1n) is 8.04. The highest BCUT2D eigenvalue weighted by atomic mass is 16.1. The van der Waals surface area contributed by atoms with Gasteiger partial charge < -0.3 is 5.32 Å². The summed E-state index contributed by atoms with van der Waals surface area (Å²) in [4.78, 5) is 12.2. The van der Waals surface area contributed by atoms with Crippen LogP contribution in [0, 0.1) is 6.92 Å². The normalized spacial score (nSPS) is 17.1. The molecule has 4 heteroatoms. The van der Waals surface area contributed by atoms with Gasteiger partial charge in [0.2, 0.25) is 0 Å². The third kappa shape index (κ3) is 3.06. The molecule has 3 rings (SSSR count). The van der Waals surface area contributed by atoms with Crippen molar-refractivity contribution in [1.29, 1.82) is 0 Å². The molecule has 0 bridgehead atoms. The maximum atomic E-state index is 12.2. The number of nitrogens with zero attached hydrogens (tertiary/aromatic N) is 1. The van der Waals surface area contributed by atoms with Gasteiger partial charge in [-0.05, 0) is 31.4 Å². The first-order chi connectivity index (χ1) is 10.7. The van der Waals surface area contributed by atoms with Crippen LogP contribution in [-0.2, 0) is 5.41 Å². The Labute approximate surface area is 131 Å². The second-order valence-corrected chi connectivity index (χ2v) is 6.36. The van der Waals surface area contributed by atoms with Gasteiger partial charge in [-0.25, -0.2) is 0 Å². The predicted octanol–water partition coefficient (Wildman–Crippen LogP) is 3.35. The number of benzene rings is 1. The highest BCUT2D eigenvalue weighted by Gasteiger charge is 2.34. The summed E-state index contributed by atoms with van der Waals surface area (Å²) < 4.78 is 0. The minimum atomic E-state index is -0.0740. The average Bonchev–Trinajstić information content (AvgIpc) is 3.08. The zero-order chi connectivity index (χ0) is 15.4. The summed E-state index contributed by atoms with van der Waals surface area (Å²) in [6.07, 6.45) is 7.63. The number of carbonyl (C=O) groups is 1. The number of rotatable bonds is 4. The largest absolute Gasteiger partial charge is 0.350 e. The SMILES string of the molecule is Cc1cccc(C2(CNC(=O)c3ccn[nH]3)CCCCC2)c1. The highest BCUT2D eigenvalue weighted by Crippen LogP contribution is 2.39. The van der Waals surface area contributed by atoms with E-state index < -0.39 is 0 Å². The van der Waals surface area contributed by atoms with Gasteiger partial charge >= 0.3 is 0 Å². The summed E-state index contributed by atoms with van der Waals surface area (Å²) in [5, 5.41) is 9.67. The van der Waals surface area contributed by atoms with Crippen LogP contribution in [0.4, 0.5) is 0 Å². The monoisotopic (exact) mass is 297 g/mol. The summed E-state index contributed by atoms with van der Waals surface area (Å²) in [5.74, 6) is -0.0740. The third-order valence-corrected chi connectivity index (χ3v) is 4.77. The smallest absolute Gasteiger partial charge is 0.269 e. The molecule has 1 heterocycles. The Morgan fingerprint density at radius 1 is 1.27 bits per heavy atom. The van der Waals surface area contributed by atoms with Gasteiger partial charge in [0.15, 0.2) is 0 Å². The minimum Gasteiger partial charge on any atom is -0.350 e. The maximum Gasteiger partial charge on any atom is 0.269 e. The average molecular weight is 297 g/mol. The zero-order valence-corrected chi connectivity index (χ0v) is 13.1. The van der Waals surface area contributed by atoms with Crippen molar-refractivity contribution in [2.24, 2.45) is 0 Å². The van der Waals surface area contributed by atoms with Gasteiger partial charge in [-0.1, -0.05) is 49.1 Å². The van der Waals surface area contributed by atoms with E-state index in [1.807, 2.05) is 0 Å². The number of aromatic amines is 1. The lowest BCUT2D eigenvalue weighted by Gasteiger charge is -2.38. The van der Waals surface area contributed by atoms with E-state index in [0.717, 1.165) is 12.8 Å². The lowest BCUT2D eigenvalue weighted by atomic mass is 9.69. The third-order valence-electron chi connectivity index (χ3n) is 4.77. The number of hydrogen-bond donors (Lipinski definition) is 2. The van der Waals surface area contributed by atoms with Crippen LogP contribution in [0.5, 0.6) is 0 Å². The molecule has 1 saturated carbocycles. The molecule has 0 aliphatic heterocycles. The van der Waals surface area contributed by atoms with Crippen LogP contribution in [0.2, 0.25) is 0 Å². The predicted molar refractivity (Wildman–Crippen MR) is 86.9 cm³/mol. The van der Waals surface area contributed by atoms with Gasteiger partial charge in [0, 0.05) is 18.2 Å². The standard InChI is InChI=1S/C18H23N3O/c1-14-6-5-7-15(12-14)18(9-3-2-4-10-18)13-19-17(22)16-8-11-20-21-16/h5-8,11-12H,2-4,9-10,13H2,1H3,(H,19,22)(H,20,21). The fraction of sp³-hybridized carbons (Fsp3) is 0.444. The molecule has 2 aromatic rings. The van der Waals surface area contributed by atoms with Gasteiger partial charge in [-0.3, -0.25) is 9.89 Å². The quantitative estimate of drug-likeness (QED) is 0.909. The van der Waals surface area contributed by atoms with Crippen molar-refractivity contribution < 1.29 is 4.79 Å². The Bertz CT molecular complexity index is 628. The molecule has 4 nitrogen and oxygen atoms in total. The minimum absolute atomic E-state index is 0.0694. The Hall–Kier alpha value is -2.10. The van der Waals surface area contributed by atoms with Crippen molar-refractivity contribution >= 4 is 5.91 Å². The van der Waals surface area contributed by atoms with Gasteiger partial charge in [-0.15, -0.1) is 0 Å². The molecule has 116 valence electrons. The van der Waals surface area contributed by atoms with Crippen LogP contribution in [0.3, 0.4) is 0 Å². The number of carbonyl (C=O) groups excluding carboxylic acids is 1. The number of hydrogen-bond acceptors (Lipinski definition) is 2. The summed E-state index contributed by atoms with van der Waals surface area (Å²) in [6, 6.07) is 10.4. The molecule has 1 fully saturated rings. The van der Waals surface area contributed by atoms with Gasteiger partial charge in [0.25, 0.3) is 5.91 Å². The molecule has 0 radical (unpaired) electrons. The number of nitrogens with one attached hydrogen (secondary N) is 2. The number of H-pyrrole nitrogens is 1. The molecule has 1 aliphatic carbocycles. The summed E-state index contributed by atoms with van der Waals surface area (Å²) in [7, 11) is 0. The van der Waals surface area contributed by atoms with Crippen LogP contribution in [0.15, 0.2) is 36.5 Å². The van der Waals surface area contributed by atoms with Crippen molar-refractivity contribution in [3.05, 3.63) is 53.3 Å². The Morgan fingerprint density at radius 2 is 2.09 bits per heavy atom. The molecule has 0 atom stereocenters. The maximum absolute atomic E-state index is 12.2. The van der Waals surface area contributed by atoms with Crippen molar-refractivity contribution in [2.75, 3.05) is 6.54 Å². The number of aromatic nitrogens is 2. The Balaban J connectivity index is 1.79. The topological polar surface area (TPSA) is 57.8 Å². The highest BCUT2D eigenvalue weighted by molar-refractivity contribution is 5.92. The van der Waals surface area contributed by atoms with E-state index >= 15 is 0 Å². The van der Waals surface area contributed by atoms with E-state index in [2.05, 4.69) is 46.7 Å². The lowest BCUT2D eigenvalue weighted by molar-refractivity contribution is 0.0931. The van der Waals surface area contributed by atoms with E-state index in [1.165, 1.54) is 30.4 Å². The van der Waals surface area contributed by atoms with Crippen molar-refractivity contribution in [1.82, 2.24) is 15.5 Å². The van der Waals surface area contributed by atoms with Crippen LogP contribution in [-0.4, -0.2) is 22.6 Å². The molecule has 2 N–H and O–H groups in total. The molecule has 1 aromatic carbocycles. The van der Waals surface area contributed by atoms with Gasteiger partial charge in [0.1, 0.15) is 5.69 Å². The molecule has 1 amide bonds. The fourth-order valence-electron chi connectivity index (χ4n) is 3.50. The van der Waals surface area contributed by atoms with Gasteiger partial charge in [-0.2, -0.15) is 5.10 Å².